The van der Waals surface area contributed by atoms with E-state index < -0.39 is 96.9 Å². The van der Waals surface area contributed by atoms with Crippen LogP contribution >= 0.6 is 0 Å². The SMILES string of the molecule is C=C(C)[C@@H]1CC[C@]2(C(=O)O[C@@H]3O[C@H](CO)[C@@H](O)[C@H](O)[C@H]3O)CC[C@]3(C)C(CC[C@@H]4[C@@]5(C)CC[C@H](O[C@@H]6O[C@H](C(=O)O)[C@@H](O)[C@H](O)[C@H]6O)C(C)(C)C5CC[C@]43C)[C@H]12. The summed E-state index contributed by atoms with van der Waals surface area (Å²) in [7, 11) is 0. The lowest BCUT2D eigenvalue weighted by atomic mass is 9.32. The van der Waals surface area contributed by atoms with Crippen LogP contribution in [0.25, 0.3) is 0 Å². The highest BCUT2D eigenvalue weighted by Crippen LogP contribution is 2.77. The molecular weight excluding hydrogens is 728 g/mol. The van der Waals surface area contributed by atoms with E-state index in [-0.39, 0.29) is 39.9 Å². The van der Waals surface area contributed by atoms with Crippen molar-refractivity contribution >= 4 is 11.9 Å². The van der Waals surface area contributed by atoms with E-state index in [1.807, 2.05) is 6.92 Å². The maximum atomic E-state index is 14.6. The zero-order chi connectivity index (χ0) is 41.1. The van der Waals surface area contributed by atoms with E-state index in [1.165, 1.54) is 0 Å². The number of allylic oxidation sites excluding steroid dienone is 1. The highest BCUT2D eigenvalue weighted by molar-refractivity contribution is 5.78. The number of hydrogen-bond donors (Lipinski definition) is 8. The molecule has 0 radical (unpaired) electrons. The smallest absolute Gasteiger partial charge is 0.335 e. The van der Waals surface area contributed by atoms with Crippen LogP contribution in [0.2, 0.25) is 0 Å². The first-order valence-electron chi connectivity index (χ1n) is 20.9. The number of carbonyl (C=O) groups is 2. The first kappa shape index (κ1) is 42.4. The van der Waals surface area contributed by atoms with Crippen LogP contribution < -0.4 is 0 Å². The Labute approximate surface area is 329 Å². The van der Waals surface area contributed by atoms with E-state index in [2.05, 4.69) is 41.2 Å². The zero-order valence-electron chi connectivity index (χ0n) is 33.8. The quantitative estimate of drug-likeness (QED) is 0.105. The summed E-state index contributed by atoms with van der Waals surface area (Å²) in [6, 6.07) is 0. The summed E-state index contributed by atoms with van der Waals surface area (Å²) >= 11 is 0. The van der Waals surface area contributed by atoms with Gasteiger partial charge in [-0.1, -0.05) is 46.8 Å². The number of ether oxygens (including phenoxy) is 4. The van der Waals surface area contributed by atoms with E-state index >= 15 is 0 Å². The molecule has 0 bridgehead atoms. The molecule has 8 N–H and O–H groups in total. The molecule has 7 aliphatic rings. The largest absolute Gasteiger partial charge is 0.479 e. The van der Waals surface area contributed by atoms with Gasteiger partial charge in [-0.05, 0) is 122 Å². The molecular formula is C42H66O14. The molecule has 2 saturated heterocycles. The summed E-state index contributed by atoms with van der Waals surface area (Å²) in [6.07, 6.45) is -8.19. The second kappa shape index (κ2) is 14.5. The van der Waals surface area contributed by atoms with Crippen LogP contribution in [-0.4, -0.2) is 127 Å². The van der Waals surface area contributed by atoms with Gasteiger partial charge in [0.25, 0.3) is 0 Å². The number of hydrogen-bond acceptors (Lipinski definition) is 13. The molecule has 7 rings (SSSR count). The fourth-order valence-corrected chi connectivity index (χ4v) is 14.4. The Balaban J connectivity index is 1.13. The molecule has 0 spiro atoms. The molecule has 0 aromatic rings. The van der Waals surface area contributed by atoms with Crippen LogP contribution in [0.15, 0.2) is 12.2 Å². The third-order valence-electron chi connectivity index (χ3n) is 17.6. The summed E-state index contributed by atoms with van der Waals surface area (Å²) in [6.45, 7) is 17.5. The first-order valence-corrected chi connectivity index (χ1v) is 20.9. The third-order valence-corrected chi connectivity index (χ3v) is 17.6. The van der Waals surface area contributed by atoms with E-state index in [0.29, 0.717) is 25.2 Å². The van der Waals surface area contributed by atoms with Gasteiger partial charge in [0.2, 0.25) is 6.29 Å². The maximum absolute atomic E-state index is 14.6. The summed E-state index contributed by atoms with van der Waals surface area (Å²) < 4.78 is 23.6. The topological polar surface area (TPSA) is 233 Å². The Morgan fingerprint density at radius 1 is 0.714 bits per heavy atom. The highest BCUT2D eigenvalue weighted by Gasteiger charge is 2.72. The van der Waals surface area contributed by atoms with Crippen LogP contribution in [0, 0.1) is 56.7 Å². The summed E-state index contributed by atoms with van der Waals surface area (Å²) in [5, 5.41) is 82.4. The lowest BCUT2D eigenvalue weighted by molar-refractivity contribution is -0.326. The van der Waals surface area contributed by atoms with E-state index in [1.54, 1.807) is 0 Å². The molecule has 2 aliphatic heterocycles. The maximum Gasteiger partial charge on any atom is 0.335 e. The molecule has 7 fully saturated rings. The number of esters is 1. The average molecular weight is 795 g/mol. The summed E-state index contributed by atoms with van der Waals surface area (Å²) in [5.41, 5.74) is -0.480. The van der Waals surface area contributed by atoms with Crippen molar-refractivity contribution in [1.29, 1.82) is 0 Å². The second-order valence-electron chi connectivity index (χ2n) is 20.2. The van der Waals surface area contributed by atoms with Crippen LogP contribution in [0.1, 0.15) is 106 Å². The van der Waals surface area contributed by atoms with Gasteiger partial charge in [0.1, 0.15) is 42.7 Å². The van der Waals surface area contributed by atoms with Crippen molar-refractivity contribution < 1.29 is 69.4 Å². The van der Waals surface area contributed by atoms with Gasteiger partial charge in [0, 0.05) is 0 Å². The van der Waals surface area contributed by atoms with Crippen LogP contribution in [0.4, 0.5) is 0 Å². The molecule has 56 heavy (non-hydrogen) atoms. The van der Waals surface area contributed by atoms with Crippen LogP contribution in [0.5, 0.6) is 0 Å². The molecule has 0 amide bonds. The minimum Gasteiger partial charge on any atom is -0.479 e. The van der Waals surface area contributed by atoms with Gasteiger partial charge >= 0.3 is 11.9 Å². The Kier molecular flexibility index (Phi) is 11.0. The zero-order valence-corrected chi connectivity index (χ0v) is 33.8. The predicted octanol–water partition coefficient (Wildman–Crippen LogP) is 2.26. The fraction of sp³-hybridized carbons (Fsp3) is 0.905. The monoisotopic (exact) mass is 794 g/mol. The minimum absolute atomic E-state index is 0.0505. The number of rotatable bonds is 7. The van der Waals surface area contributed by atoms with Crippen molar-refractivity contribution in [2.45, 2.75) is 173 Å². The van der Waals surface area contributed by atoms with Crippen molar-refractivity contribution in [1.82, 2.24) is 0 Å². The summed E-state index contributed by atoms with van der Waals surface area (Å²) in [4.78, 5) is 26.4. The van der Waals surface area contributed by atoms with Crippen LogP contribution in [-0.2, 0) is 28.5 Å². The lowest BCUT2D eigenvalue weighted by Gasteiger charge is -2.73. The van der Waals surface area contributed by atoms with Gasteiger partial charge < -0.3 is 59.8 Å². The van der Waals surface area contributed by atoms with Crippen molar-refractivity contribution in [3.63, 3.8) is 0 Å². The molecule has 5 saturated carbocycles. The van der Waals surface area contributed by atoms with Crippen LogP contribution in [0.3, 0.4) is 0 Å². The minimum atomic E-state index is -1.79. The number of fused-ring (bicyclic) bond motifs is 7. The molecule has 14 heteroatoms. The van der Waals surface area contributed by atoms with Crippen molar-refractivity contribution in [2.24, 2.45) is 56.7 Å². The number of aliphatic hydroxyl groups is 7. The number of carboxylic acid groups (broad SMARTS) is 1. The molecule has 14 nitrogen and oxygen atoms in total. The van der Waals surface area contributed by atoms with E-state index in [9.17, 15) is 50.4 Å². The Morgan fingerprint density at radius 3 is 2.02 bits per heavy atom. The molecule has 20 atom stereocenters. The van der Waals surface area contributed by atoms with Crippen molar-refractivity contribution in [2.75, 3.05) is 6.61 Å². The normalized spacial score (nSPS) is 53.8. The number of aliphatic hydroxyl groups excluding tert-OH is 7. The van der Waals surface area contributed by atoms with Crippen molar-refractivity contribution in [3.8, 4) is 0 Å². The lowest BCUT2D eigenvalue weighted by Crippen LogP contribution is -2.68. The number of carbonyl (C=O) groups excluding carboxylic acids is 1. The second-order valence-corrected chi connectivity index (χ2v) is 20.2. The molecule has 318 valence electrons. The molecule has 0 aromatic carbocycles. The van der Waals surface area contributed by atoms with E-state index in [0.717, 1.165) is 50.5 Å². The van der Waals surface area contributed by atoms with Gasteiger partial charge in [0.15, 0.2) is 12.4 Å². The van der Waals surface area contributed by atoms with Gasteiger partial charge in [-0.2, -0.15) is 0 Å². The standard InChI is InChI=1S/C42H66O14/c1-19(2)20-10-15-42(37(52)56-35-31(48)28(45)27(44)22(18-43)53-35)17-16-40(6)21(26(20)42)8-9-24-39(5)13-12-25(38(3,4)23(39)11-14-41(24,40)7)54-36-32(49)29(46)30(47)33(55-36)34(50)51/h20-33,35-36,43-49H,1,8-18H2,2-7H3,(H,50,51)/t20-,21?,22+,23?,24+,25-,26-,27+,28-,29-,30-,31+,32+,33-,35-,36+,39-,40+,41+,42-/m0/s1. The third kappa shape index (κ3) is 6.01. The molecule has 0 aromatic heterocycles. The molecule has 2 heterocycles. The first-order chi connectivity index (χ1) is 26.1. The van der Waals surface area contributed by atoms with Gasteiger partial charge in [0.05, 0.1) is 18.1 Å². The van der Waals surface area contributed by atoms with E-state index in [4.69, 9.17) is 18.9 Å². The number of aliphatic carboxylic acids is 1. The predicted molar refractivity (Wildman–Crippen MR) is 198 cm³/mol. The van der Waals surface area contributed by atoms with Gasteiger partial charge in [-0.25, -0.2) is 4.79 Å². The summed E-state index contributed by atoms with van der Waals surface area (Å²) in [5.74, 6) is -1.09. The average Bonchev–Trinajstić information content (AvgIpc) is 3.54. The Hall–Kier alpha value is -1.72. The molecule has 2 unspecified atom stereocenters. The van der Waals surface area contributed by atoms with Gasteiger partial charge in [-0.3, -0.25) is 4.79 Å². The highest BCUT2D eigenvalue weighted by atomic mass is 16.7. The number of carboxylic acids is 1. The molecule has 5 aliphatic carbocycles. The Bertz CT molecular complexity index is 1540. The van der Waals surface area contributed by atoms with Gasteiger partial charge in [-0.15, -0.1) is 0 Å². The Morgan fingerprint density at radius 2 is 1.38 bits per heavy atom. The van der Waals surface area contributed by atoms with Crippen molar-refractivity contribution in [3.05, 3.63) is 12.2 Å². The fourth-order valence-electron chi connectivity index (χ4n) is 14.4.